The number of amides is 2. The summed E-state index contributed by atoms with van der Waals surface area (Å²) in [5.41, 5.74) is -0.957. The number of carbonyl (C=O) groups excluding carboxylic acids is 2. The fraction of sp³-hybridized carbons (Fsp3) is 0.538. The van der Waals surface area contributed by atoms with E-state index in [0.717, 1.165) is 4.88 Å². The van der Waals surface area contributed by atoms with E-state index in [1.54, 1.807) is 23.2 Å². The predicted octanol–water partition coefficient (Wildman–Crippen LogP) is 1.00. The molecule has 1 aromatic rings. The van der Waals surface area contributed by atoms with Crippen LogP contribution in [0.15, 0.2) is 17.5 Å². The Labute approximate surface area is 116 Å². The van der Waals surface area contributed by atoms with Crippen molar-refractivity contribution in [2.45, 2.75) is 26.0 Å². The molecule has 1 atom stereocenters. The number of carbonyl (C=O) groups is 2. The molecule has 1 unspecified atom stereocenters. The van der Waals surface area contributed by atoms with E-state index in [0.29, 0.717) is 26.2 Å². The number of hydrogen-bond acceptors (Lipinski definition) is 4. The van der Waals surface area contributed by atoms with E-state index < -0.39 is 5.60 Å². The van der Waals surface area contributed by atoms with E-state index in [2.05, 4.69) is 5.32 Å². The van der Waals surface area contributed by atoms with Crippen molar-refractivity contribution in [1.29, 1.82) is 0 Å². The molecule has 2 rings (SSSR count). The minimum atomic E-state index is -0.957. The molecule has 0 aromatic carbocycles. The fourth-order valence-corrected chi connectivity index (χ4v) is 2.69. The Morgan fingerprint density at radius 3 is 3.00 bits per heavy atom. The van der Waals surface area contributed by atoms with Crippen LogP contribution in [0.3, 0.4) is 0 Å². The van der Waals surface area contributed by atoms with Crippen LogP contribution in [0.4, 0.5) is 0 Å². The quantitative estimate of drug-likeness (QED) is 0.900. The summed E-state index contributed by atoms with van der Waals surface area (Å²) in [4.78, 5) is 26.3. The highest BCUT2D eigenvalue weighted by atomic mass is 32.1. The van der Waals surface area contributed by atoms with Crippen molar-refractivity contribution in [2.24, 2.45) is 0 Å². The molecule has 5 nitrogen and oxygen atoms in total. The van der Waals surface area contributed by atoms with Gasteiger partial charge in [-0.05, 0) is 18.4 Å². The van der Waals surface area contributed by atoms with Crippen LogP contribution in [0.25, 0.3) is 0 Å². The third-order valence-corrected chi connectivity index (χ3v) is 4.08. The van der Waals surface area contributed by atoms with Gasteiger partial charge in [0.15, 0.2) is 5.60 Å². The molecular weight excluding hydrogens is 264 g/mol. The Morgan fingerprint density at radius 1 is 1.58 bits per heavy atom. The molecule has 0 spiro atoms. The second-order valence-corrected chi connectivity index (χ2v) is 5.81. The topological polar surface area (TPSA) is 58.6 Å². The number of rotatable bonds is 3. The van der Waals surface area contributed by atoms with Crippen molar-refractivity contribution in [3.63, 3.8) is 0 Å². The smallest absolute Gasteiger partial charge is 0.254 e. The maximum Gasteiger partial charge on any atom is 0.254 e. The molecule has 1 saturated heterocycles. The molecule has 104 valence electrons. The predicted molar refractivity (Wildman–Crippen MR) is 72.8 cm³/mol. The van der Waals surface area contributed by atoms with E-state index in [1.807, 2.05) is 17.5 Å². The first-order valence-corrected chi connectivity index (χ1v) is 7.09. The molecule has 1 aromatic heterocycles. The summed E-state index contributed by atoms with van der Waals surface area (Å²) in [5, 5.41) is 4.83. The van der Waals surface area contributed by atoms with Gasteiger partial charge in [-0.3, -0.25) is 9.59 Å². The average molecular weight is 282 g/mol. The Balaban J connectivity index is 1.94. The van der Waals surface area contributed by atoms with E-state index in [-0.39, 0.29) is 11.8 Å². The molecule has 1 fully saturated rings. The van der Waals surface area contributed by atoms with E-state index in [1.165, 1.54) is 6.92 Å². The van der Waals surface area contributed by atoms with Gasteiger partial charge < -0.3 is 15.0 Å². The summed E-state index contributed by atoms with van der Waals surface area (Å²) in [5.74, 6) is -0.201. The molecule has 0 bridgehead atoms. The number of ether oxygens (including phenoxy) is 1. The molecule has 2 amide bonds. The van der Waals surface area contributed by atoms with Gasteiger partial charge in [-0.1, -0.05) is 6.07 Å². The Morgan fingerprint density at radius 2 is 2.37 bits per heavy atom. The van der Waals surface area contributed by atoms with Crippen LogP contribution in [-0.2, 0) is 20.9 Å². The summed E-state index contributed by atoms with van der Waals surface area (Å²) in [6.45, 7) is 4.97. The summed E-state index contributed by atoms with van der Waals surface area (Å²) in [7, 11) is 0. The third kappa shape index (κ3) is 3.33. The number of hydrogen-bond donors (Lipinski definition) is 1. The number of nitrogens with zero attached hydrogens (tertiary/aromatic N) is 1. The number of nitrogens with one attached hydrogen (secondary N) is 1. The SMILES string of the molecule is CC(=O)N1CCOC(C)(C(=O)NCc2cccs2)C1. The van der Waals surface area contributed by atoms with E-state index in [4.69, 9.17) is 4.74 Å². The highest BCUT2D eigenvalue weighted by molar-refractivity contribution is 7.09. The van der Waals surface area contributed by atoms with Crippen molar-refractivity contribution in [3.05, 3.63) is 22.4 Å². The van der Waals surface area contributed by atoms with Gasteiger partial charge in [-0.2, -0.15) is 0 Å². The second-order valence-electron chi connectivity index (χ2n) is 4.78. The van der Waals surface area contributed by atoms with Crippen molar-refractivity contribution < 1.29 is 14.3 Å². The Bertz CT molecular complexity index is 460. The number of thiophene rings is 1. The third-order valence-electron chi connectivity index (χ3n) is 3.20. The molecule has 1 aliphatic heterocycles. The van der Waals surface area contributed by atoms with Crippen LogP contribution in [0.1, 0.15) is 18.7 Å². The largest absolute Gasteiger partial charge is 0.362 e. The molecule has 6 heteroatoms. The normalized spacial score (nSPS) is 23.2. The first kappa shape index (κ1) is 14.0. The fourth-order valence-electron chi connectivity index (χ4n) is 2.04. The van der Waals surface area contributed by atoms with Gasteiger partial charge in [-0.25, -0.2) is 0 Å². The van der Waals surface area contributed by atoms with Gasteiger partial charge in [0, 0.05) is 18.3 Å². The first-order chi connectivity index (χ1) is 9.01. The minimum absolute atomic E-state index is 0.0272. The molecule has 1 N–H and O–H groups in total. The molecule has 0 saturated carbocycles. The van der Waals surface area contributed by atoms with Crippen LogP contribution in [0.2, 0.25) is 0 Å². The van der Waals surface area contributed by atoms with Crippen LogP contribution < -0.4 is 5.32 Å². The van der Waals surface area contributed by atoms with Crippen molar-refractivity contribution in [1.82, 2.24) is 10.2 Å². The highest BCUT2D eigenvalue weighted by Gasteiger charge is 2.39. The van der Waals surface area contributed by atoms with Gasteiger partial charge in [0.1, 0.15) is 0 Å². The Kier molecular flexibility index (Phi) is 4.21. The zero-order valence-electron chi connectivity index (χ0n) is 11.1. The van der Waals surface area contributed by atoms with Gasteiger partial charge in [-0.15, -0.1) is 11.3 Å². The Hall–Kier alpha value is -1.40. The van der Waals surface area contributed by atoms with Crippen molar-refractivity contribution >= 4 is 23.2 Å². The molecule has 0 radical (unpaired) electrons. The number of morpholine rings is 1. The lowest BCUT2D eigenvalue weighted by Gasteiger charge is -2.38. The maximum atomic E-state index is 12.2. The molecule has 19 heavy (non-hydrogen) atoms. The minimum Gasteiger partial charge on any atom is -0.362 e. The second kappa shape index (κ2) is 5.71. The van der Waals surface area contributed by atoms with E-state index >= 15 is 0 Å². The standard InChI is InChI=1S/C13H18N2O3S/c1-10(16)15-5-6-18-13(2,9-15)12(17)14-8-11-4-3-7-19-11/h3-4,7H,5-6,8-9H2,1-2H3,(H,14,17). The van der Waals surface area contributed by atoms with Crippen molar-refractivity contribution in [3.8, 4) is 0 Å². The molecule has 1 aliphatic rings. The monoisotopic (exact) mass is 282 g/mol. The molecular formula is C13H18N2O3S. The lowest BCUT2D eigenvalue weighted by atomic mass is 10.0. The van der Waals surface area contributed by atoms with Gasteiger partial charge in [0.05, 0.1) is 19.7 Å². The van der Waals surface area contributed by atoms with Gasteiger partial charge in [0.2, 0.25) is 5.91 Å². The van der Waals surface area contributed by atoms with Crippen LogP contribution in [0.5, 0.6) is 0 Å². The summed E-state index contributed by atoms with van der Waals surface area (Å²) < 4.78 is 5.58. The van der Waals surface area contributed by atoms with Crippen LogP contribution in [0, 0.1) is 0 Å². The van der Waals surface area contributed by atoms with Crippen LogP contribution in [-0.4, -0.2) is 42.0 Å². The summed E-state index contributed by atoms with van der Waals surface area (Å²) >= 11 is 1.60. The molecule has 2 heterocycles. The zero-order valence-corrected chi connectivity index (χ0v) is 12.0. The first-order valence-electron chi connectivity index (χ1n) is 6.21. The molecule has 0 aliphatic carbocycles. The van der Waals surface area contributed by atoms with Gasteiger partial charge in [0.25, 0.3) is 5.91 Å². The highest BCUT2D eigenvalue weighted by Crippen LogP contribution is 2.18. The van der Waals surface area contributed by atoms with Crippen LogP contribution >= 0.6 is 11.3 Å². The lowest BCUT2D eigenvalue weighted by molar-refractivity contribution is -0.162. The lowest BCUT2D eigenvalue weighted by Crippen LogP contribution is -2.58. The maximum absolute atomic E-state index is 12.2. The average Bonchev–Trinajstić information content (AvgIpc) is 2.89. The summed E-state index contributed by atoms with van der Waals surface area (Å²) in [6.07, 6.45) is 0. The zero-order chi connectivity index (χ0) is 13.9. The summed E-state index contributed by atoms with van der Waals surface area (Å²) in [6, 6.07) is 3.92. The van der Waals surface area contributed by atoms with Gasteiger partial charge >= 0.3 is 0 Å². The van der Waals surface area contributed by atoms with Crippen molar-refractivity contribution in [2.75, 3.05) is 19.7 Å². The van der Waals surface area contributed by atoms with E-state index in [9.17, 15) is 9.59 Å².